The van der Waals surface area contributed by atoms with Gasteiger partial charge in [0.2, 0.25) is 17.6 Å². The fourth-order valence-electron chi connectivity index (χ4n) is 4.88. The molecule has 49 heavy (non-hydrogen) atoms. The Morgan fingerprint density at radius 1 is 0.816 bits per heavy atom. The monoisotopic (exact) mass is 729 g/mol. The van der Waals surface area contributed by atoms with Crippen molar-refractivity contribution >= 4 is 46.7 Å². The number of rotatable bonds is 15. The van der Waals surface area contributed by atoms with E-state index >= 15 is 0 Å². The Balaban J connectivity index is 1.89. The molecular weight excluding hydrogens is 696 g/mol. The molecule has 0 fully saturated rings. The number of amides is 3. The standard InChI is InChI=1S/C34H34Cl2F5N3O5/c1-19(2)29(30(46)34(40,41)32(48)42-18-33(37,38)39)44-31(47)27(15-20-7-5-4-6-8-20)43-28(45)17-24(21-9-12-23(49-3)13-10-21)22-11-14-25(35)26(36)16-22/h4-14,16,19,24,27,29H,15,17-18H2,1-3H3,(H,42,48)(H,43,45)(H,44,47). The minimum absolute atomic E-state index is 0.125. The molecule has 3 aromatic carbocycles. The number of ketones is 1. The van der Waals surface area contributed by atoms with Crippen LogP contribution in [0.2, 0.25) is 10.0 Å². The molecule has 3 rings (SSSR count). The summed E-state index contributed by atoms with van der Waals surface area (Å²) in [7, 11) is 1.50. The molecule has 0 spiro atoms. The number of carbonyl (C=O) groups is 4. The van der Waals surface area contributed by atoms with Gasteiger partial charge in [-0.25, -0.2) is 0 Å². The van der Waals surface area contributed by atoms with Gasteiger partial charge >= 0.3 is 12.1 Å². The Hall–Kier alpha value is -4.23. The number of ether oxygens (including phenoxy) is 1. The number of hydrogen-bond acceptors (Lipinski definition) is 5. The van der Waals surface area contributed by atoms with E-state index in [-0.39, 0.29) is 17.9 Å². The maximum Gasteiger partial charge on any atom is 0.405 e. The number of halogens is 7. The highest BCUT2D eigenvalue weighted by atomic mass is 35.5. The summed E-state index contributed by atoms with van der Waals surface area (Å²) >= 11 is 12.4. The summed E-state index contributed by atoms with van der Waals surface area (Å²) in [6, 6.07) is 16.7. The molecule has 3 amide bonds. The van der Waals surface area contributed by atoms with Crippen molar-refractivity contribution in [3.63, 3.8) is 0 Å². The second kappa shape index (κ2) is 16.9. The average molecular weight is 731 g/mol. The first-order valence-corrected chi connectivity index (χ1v) is 15.7. The minimum Gasteiger partial charge on any atom is -0.497 e. The van der Waals surface area contributed by atoms with Crippen LogP contribution in [-0.4, -0.2) is 61.3 Å². The van der Waals surface area contributed by atoms with E-state index in [2.05, 4.69) is 10.6 Å². The highest BCUT2D eigenvalue weighted by Crippen LogP contribution is 2.33. The number of carbonyl (C=O) groups excluding carboxylic acids is 4. The highest BCUT2D eigenvalue weighted by molar-refractivity contribution is 6.42. The Bertz CT molecular complexity index is 1620. The molecule has 8 nitrogen and oxygen atoms in total. The van der Waals surface area contributed by atoms with Crippen molar-refractivity contribution in [2.24, 2.45) is 5.92 Å². The number of hydrogen-bond donors (Lipinski definition) is 3. The zero-order chi connectivity index (χ0) is 36.5. The van der Waals surface area contributed by atoms with Crippen LogP contribution in [0.25, 0.3) is 0 Å². The van der Waals surface area contributed by atoms with E-state index in [1.165, 1.54) is 21.0 Å². The van der Waals surface area contributed by atoms with Gasteiger partial charge in [0.15, 0.2) is 0 Å². The van der Waals surface area contributed by atoms with Crippen LogP contribution >= 0.6 is 23.2 Å². The van der Waals surface area contributed by atoms with Crippen molar-refractivity contribution in [1.82, 2.24) is 16.0 Å². The molecule has 3 N–H and O–H groups in total. The molecule has 0 bridgehead atoms. The van der Waals surface area contributed by atoms with E-state index < -0.39 is 66.1 Å². The molecule has 0 heterocycles. The first-order chi connectivity index (χ1) is 22.9. The quantitative estimate of drug-likeness (QED) is 0.126. The van der Waals surface area contributed by atoms with Crippen LogP contribution in [0, 0.1) is 5.92 Å². The second-order valence-electron chi connectivity index (χ2n) is 11.5. The van der Waals surface area contributed by atoms with Gasteiger partial charge in [-0.05, 0) is 46.9 Å². The van der Waals surface area contributed by atoms with Crippen LogP contribution in [0.3, 0.4) is 0 Å². The smallest absolute Gasteiger partial charge is 0.405 e. The molecule has 0 saturated carbocycles. The van der Waals surface area contributed by atoms with E-state index in [0.29, 0.717) is 27.5 Å². The van der Waals surface area contributed by atoms with Crippen LogP contribution in [-0.2, 0) is 25.6 Å². The lowest BCUT2D eigenvalue weighted by atomic mass is 9.88. The molecular formula is C34H34Cl2F5N3O5. The molecule has 3 aromatic rings. The highest BCUT2D eigenvalue weighted by Gasteiger charge is 2.52. The van der Waals surface area contributed by atoms with E-state index in [9.17, 15) is 41.1 Å². The molecule has 0 aliphatic carbocycles. The Morgan fingerprint density at radius 2 is 1.43 bits per heavy atom. The third-order valence-corrected chi connectivity index (χ3v) is 8.22. The summed E-state index contributed by atoms with van der Waals surface area (Å²) in [5, 5.41) is 6.35. The molecule has 3 atom stereocenters. The number of benzene rings is 3. The van der Waals surface area contributed by atoms with Crippen molar-refractivity contribution in [3.05, 3.63) is 99.5 Å². The third-order valence-electron chi connectivity index (χ3n) is 7.48. The lowest BCUT2D eigenvalue weighted by Crippen LogP contribution is -2.59. The van der Waals surface area contributed by atoms with Gasteiger partial charge < -0.3 is 20.7 Å². The predicted molar refractivity (Wildman–Crippen MR) is 174 cm³/mol. The number of methoxy groups -OCH3 is 1. The second-order valence-corrected chi connectivity index (χ2v) is 12.3. The first-order valence-electron chi connectivity index (χ1n) is 14.9. The summed E-state index contributed by atoms with van der Waals surface area (Å²) in [6.07, 6.45) is -5.35. The molecule has 3 unspecified atom stereocenters. The summed E-state index contributed by atoms with van der Waals surface area (Å²) in [6.45, 7) is 0.514. The first kappa shape index (κ1) is 39.2. The summed E-state index contributed by atoms with van der Waals surface area (Å²) in [5.41, 5.74) is 1.88. The molecule has 0 aliphatic rings. The molecule has 0 aliphatic heterocycles. The van der Waals surface area contributed by atoms with Gasteiger partial charge in [-0.3, -0.25) is 19.2 Å². The fourth-order valence-corrected chi connectivity index (χ4v) is 5.19. The van der Waals surface area contributed by atoms with Crippen LogP contribution in [0.5, 0.6) is 5.75 Å². The SMILES string of the molecule is COc1ccc(C(CC(=O)NC(Cc2ccccc2)C(=O)NC(C(=O)C(F)(F)C(=O)NCC(F)(F)F)C(C)C)c2ccc(Cl)c(Cl)c2)cc1. The van der Waals surface area contributed by atoms with Crippen LogP contribution in [0.15, 0.2) is 72.8 Å². The summed E-state index contributed by atoms with van der Waals surface area (Å²) in [4.78, 5) is 52.0. The Labute approximate surface area is 289 Å². The molecule has 0 radical (unpaired) electrons. The van der Waals surface area contributed by atoms with Gasteiger partial charge in [0.1, 0.15) is 18.3 Å². The van der Waals surface area contributed by atoms with Crippen LogP contribution in [0.4, 0.5) is 22.0 Å². The van der Waals surface area contributed by atoms with Crippen molar-refractivity contribution in [2.45, 2.75) is 56.8 Å². The van der Waals surface area contributed by atoms with Gasteiger partial charge in [0.25, 0.3) is 5.91 Å². The normalized spacial score (nSPS) is 13.6. The van der Waals surface area contributed by atoms with Gasteiger partial charge in [0.05, 0.1) is 23.2 Å². The number of nitrogens with one attached hydrogen (secondary N) is 3. The minimum atomic E-state index is -5.00. The maximum atomic E-state index is 14.8. The van der Waals surface area contributed by atoms with Gasteiger partial charge in [0, 0.05) is 18.8 Å². The Kier molecular flexibility index (Phi) is 13.5. The van der Waals surface area contributed by atoms with E-state index in [1.54, 1.807) is 72.8 Å². The van der Waals surface area contributed by atoms with Crippen molar-refractivity contribution < 1.29 is 45.9 Å². The average Bonchev–Trinajstić information content (AvgIpc) is 3.05. The molecule has 15 heteroatoms. The van der Waals surface area contributed by atoms with E-state index in [0.717, 1.165) is 5.32 Å². The molecule has 0 saturated heterocycles. The number of Topliss-reactive ketones (excluding diaryl/α,β-unsaturated/α-hetero) is 1. The largest absolute Gasteiger partial charge is 0.497 e. The zero-order valence-corrected chi connectivity index (χ0v) is 28.1. The van der Waals surface area contributed by atoms with Crippen molar-refractivity contribution in [1.29, 1.82) is 0 Å². The Morgan fingerprint density at radius 3 is 1.98 bits per heavy atom. The molecule has 264 valence electrons. The van der Waals surface area contributed by atoms with E-state index in [1.807, 2.05) is 0 Å². The third kappa shape index (κ3) is 11.1. The zero-order valence-electron chi connectivity index (χ0n) is 26.5. The van der Waals surface area contributed by atoms with Gasteiger partial charge in [-0.1, -0.05) is 85.6 Å². The van der Waals surface area contributed by atoms with Crippen LogP contribution < -0.4 is 20.7 Å². The lowest BCUT2D eigenvalue weighted by molar-refractivity contribution is -0.165. The van der Waals surface area contributed by atoms with E-state index in [4.69, 9.17) is 27.9 Å². The van der Waals surface area contributed by atoms with Gasteiger partial charge in [-0.15, -0.1) is 0 Å². The van der Waals surface area contributed by atoms with Crippen LogP contribution in [0.1, 0.15) is 42.9 Å². The van der Waals surface area contributed by atoms with Gasteiger partial charge in [-0.2, -0.15) is 22.0 Å². The summed E-state index contributed by atoms with van der Waals surface area (Å²) in [5.74, 6) is -12.2. The van der Waals surface area contributed by atoms with Crippen molar-refractivity contribution in [2.75, 3.05) is 13.7 Å². The predicted octanol–water partition coefficient (Wildman–Crippen LogP) is 6.28. The lowest BCUT2D eigenvalue weighted by Gasteiger charge is -2.28. The van der Waals surface area contributed by atoms with Crippen molar-refractivity contribution in [3.8, 4) is 5.75 Å². The fraction of sp³-hybridized carbons (Fsp3) is 0.353. The summed E-state index contributed by atoms with van der Waals surface area (Å²) < 4.78 is 72.4. The topological polar surface area (TPSA) is 114 Å². The number of alkyl halides is 5. The maximum absolute atomic E-state index is 14.8. The molecule has 0 aromatic heterocycles.